The Bertz CT molecular complexity index is 201. The van der Waals surface area contributed by atoms with Crippen molar-refractivity contribution in [1.82, 2.24) is 5.43 Å². The number of hydrazine groups is 1. The summed E-state index contributed by atoms with van der Waals surface area (Å²) in [6.07, 6.45) is 5.29. The lowest BCUT2D eigenvalue weighted by atomic mass is 9.96. The first kappa shape index (κ1) is 7.86. The predicted molar refractivity (Wildman–Crippen MR) is 48.2 cm³/mol. The molecule has 5 N–H and O–H groups in total. The molecule has 2 rings (SSSR count). The van der Waals surface area contributed by atoms with E-state index in [-0.39, 0.29) is 0 Å². The Morgan fingerprint density at radius 2 is 2.17 bits per heavy atom. The topological polar surface area (TPSA) is 76.4 Å². The van der Waals surface area contributed by atoms with Gasteiger partial charge in [0.15, 0.2) is 0 Å². The number of hydrogen-bond acceptors (Lipinski definition) is 2. The van der Waals surface area contributed by atoms with E-state index in [0.717, 1.165) is 11.8 Å². The van der Waals surface area contributed by atoms with E-state index in [9.17, 15) is 0 Å². The summed E-state index contributed by atoms with van der Waals surface area (Å²) in [5, 5.41) is 0. The lowest BCUT2D eigenvalue weighted by Gasteiger charge is -2.17. The van der Waals surface area contributed by atoms with E-state index in [4.69, 9.17) is 11.6 Å². The first-order valence-corrected chi connectivity index (χ1v) is 4.59. The number of rotatable bonds is 1. The van der Waals surface area contributed by atoms with Gasteiger partial charge in [-0.2, -0.15) is 0 Å². The summed E-state index contributed by atoms with van der Waals surface area (Å²) in [4.78, 5) is 4.34. The molecule has 0 heterocycles. The van der Waals surface area contributed by atoms with Gasteiger partial charge in [-0.15, -0.1) is 0 Å². The molecule has 0 aromatic heterocycles. The smallest absolute Gasteiger partial charge is 0.203 e. The van der Waals surface area contributed by atoms with E-state index < -0.39 is 0 Å². The second-order valence-electron chi connectivity index (χ2n) is 3.90. The Balaban J connectivity index is 1.98. The lowest BCUT2D eigenvalue weighted by Crippen LogP contribution is -2.38. The SMILES string of the molecule is NNC(N)=NC1CC2CCC1C2. The highest BCUT2D eigenvalue weighted by Crippen LogP contribution is 2.45. The van der Waals surface area contributed by atoms with Crippen molar-refractivity contribution in [1.29, 1.82) is 0 Å². The summed E-state index contributed by atoms with van der Waals surface area (Å²) in [5.74, 6) is 7.22. The van der Waals surface area contributed by atoms with Crippen LogP contribution < -0.4 is 17.0 Å². The van der Waals surface area contributed by atoms with Crippen LogP contribution in [0.1, 0.15) is 25.7 Å². The number of fused-ring (bicyclic) bond motifs is 2. The van der Waals surface area contributed by atoms with Crippen molar-refractivity contribution in [3.8, 4) is 0 Å². The molecule has 3 unspecified atom stereocenters. The fraction of sp³-hybridized carbons (Fsp3) is 0.875. The van der Waals surface area contributed by atoms with Crippen LogP contribution in [0.3, 0.4) is 0 Å². The molecule has 2 bridgehead atoms. The normalized spacial score (nSPS) is 40.4. The summed E-state index contributed by atoms with van der Waals surface area (Å²) in [7, 11) is 0. The van der Waals surface area contributed by atoms with Gasteiger partial charge in [0.2, 0.25) is 5.96 Å². The lowest BCUT2D eigenvalue weighted by molar-refractivity contribution is 0.419. The molecule has 4 nitrogen and oxygen atoms in total. The number of nitrogens with zero attached hydrogens (tertiary/aromatic N) is 1. The highest BCUT2D eigenvalue weighted by molar-refractivity contribution is 5.77. The highest BCUT2D eigenvalue weighted by Gasteiger charge is 2.39. The number of aliphatic imine (C=N–C) groups is 1. The van der Waals surface area contributed by atoms with Crippen molar-refractivity contribution in [2.24, 2.45) is 28.4 Å². The van der Waals surface area contributed by atoms with Crippen LogP contribution in [0.25, 0.3) is 0 Å². The third-order valence-electron chi connectivity index (χ3n) is 3.15. The molecule has 3 atom stereocenters. The minimum Gasteiger partial charge on any atom is -0.369 e. The van der Waals surface area contributed by atoms with Crippen LogP contribution in [0.5, 0.6) is 0 Å². The van der Waals surface area contributed by atoms with Crippen molar-refractivity contribution in [2.45, 2.75) is 31.7 Å². The zero-order chi connectivity index (χ0) is 8.55. The number of nitrogens with two attached hydrogens (primary N) is 2. The van der Waals surface area contributed by atoms with Crippen LogP contribution in [0.15, 0.2) is 4.99 Å². The van der Waals surface area contributed by atoms with Crippen molar-refractivity contribution in [3.63, 3.8) is 0 Å². The van der Waals surface area contributed by atoms with E-state index in [2.05, 4.69) is 10.4 Å². The van der Waals surface area contributed by atoms with Gasteiger partial charge < -0.3 is 5.73 Å². The summed E-state index contributed by atoms with van der Waals surface area (Å²) in [6.45, 7) is 0. The minimum absolute atomic E-state index is 0.382. The molecule has 68 valence electrons. The Labute approximate surface area is 72.4 Å². The van der Waals surface area contributed by atoms with Gasteiger partial charge in [0.25, 0.3) is 0 Å². The molecule has 0 spiro atoms. The van der Waals surface area contributed by atoms with Gasteiger partial charge in [0.1, 0.15) is 0 Å². The van der Waals surface area contributed by atoms with Gasteiger partial charge in [-0.05, 0) is 31.1 Å². The molecule has 2 aliphatic rings. The summed E-state index contributed by atoms with van der Waals surface area (Å²) >= 11 is 0. The van der Waals surface area contributed by atoms with E-state index in [1.165, 1.54) is 25.7 Å². The third kappa shape index (κ3) is 1.27. The fourth-order valence-corrected chi connectivity index (χ4v) is 2.59. The van der Waals surface area contributed by atoms with Gasteiger partial charge >= 0.3 is 0 Å². The Morgan fingerprint density at radius 1 is 1.33 bits per heavy atom. The monoisotopic (exact) mass is 168 g/mol. The van der Waals surface area contributed by atoms with Gasteiger partial charge in [-0.1, -0.05) is 6.42 Å². The zero-order valence-corrected chi connectivity index (χ0v) is 7.16. The van der Waals surface area contributed by atoms with Crippen LogP contribution in [-0.4, -0.2) is 12.0 Å². The van der Waals surface area contributed by atoms with E-state index in [1.54, 1.807) is 0 Å². The maximum absolute atomic E-state index is 5.50. The molecular weight excluding hydrogens is 152 g/mol. The van der Waals surface area contributed by atoms with Crippen LogP contribution in [-0.2, 0) is 0 Å². The highest BCUT2D eigenvalue weighted by atomic mass is 15.3. The summed E-state index contributed by atoms with van der Waals surface area (Å²) in [6, 6.07) is 0.444. The maximum Gasteiger partial charge on any atom is 0.203 e. The van der Waals surface area contributed by atoms with Gasteiger partial charge in [0, 0.05) is 0 Å². The van der Waals surface area contributed by atoms with E-state index >= 15 is 0 Å². The quantitative estimate of drug-likeness (QED) is 0.222. The second kappa shape index (κ2) is 2.94. The average Bonchev–Trinajstić information content (AvgIpc) is 2.64. The van der Waals surface area contributed by atoms with Crippen molar-refractivity contribution >= 4 is 5.96 Å². The number of guanidine groups is 1. The molecule has 0 aromatic carbocycles. The van der Waals surface area contributed by atoms with Crippen molar-refractivity contribution in [3.05, 3.63) is 0 Å². The molecule has 0 saturated heterocycles. The number of nitrogens with one attached hydrogen (secondary N) is 1. The Hall–Kier alpha value is -0.770. The average molecular weight is 168 g/mol. The van der Waals surface area contributed by atoms with E-state index in [0.29, 0.717) is 12.0 Å². The zero-order valence-electron chi connectivity index (χ0n) is 7.16. The molecule has 2 aliphatic carbocycles. The summed E-state index contributed by atoms with van der Waals surface area (Å²) < 4.78 is 0. The Morgan fingerprint density at radius 3 is 2.67 bits per heavy atom. The van der Waals surface area contributed by atoms with Crippen LogP contribution in [0, 0.1) is 11.8 Å². The standard InChI is InChI=1S/C8H16N4/c9-8(12-10)11-7-4-5-1-2-6(7)3-5/h5-7H,1-4,10H2,(H3,9,11,12). The molecule has 0 aliphatic heterocycles. The van der Waals surface area contributed by atoms with Gasteiger partial charge in [-0.3, -0.25) is 5.43 Å². The van der Waals surface area contributed by atoms with E-state index in [1.807, 2.05) is 0 Å². The molecule has 0 aromatic rings. The number of hydrogen-bond donors (Lipinski definition) is 3. The van der Waals surface area contributed by atoms with Crippen molar-refractivity contribution in [2.75, 3.05) is 0 Å². The minimum atomic E-state index is 0.382. The van der Waals surface area contributed by atoms with Crippen molar-refractivity contribution < 1.29 is 0 Å². The third-order valence-corrected chi connectivity index (χ3v) is 3.15. The van der Waals surface area contributed by atoms with Crippen LogP contribution >= 0.6 is 0 Å². The van der Waals surface area contributed by atoms with Gasteiger partial charge in [-0.25, -0.2) is 10.8 Å². The first-order valence-electron chi connectivity index (χ1n) is 4.59. The van der Waals surface area contributed by atoms with Gasteiger partial charge in [0.05, 0.1) is 6.04 Å². The first-order chi connectivity index (χ1) is 5.79. The second-order valence-corrected chi connectivity index (χ2v) is 3.90. The predicted octanol–water partition coefficient (Wildman–Crippen LogP) is -0.0470. The molecule has 4 heteroatoms. The van der Waals surface area contributed by atoms with Crippen LogP contribution in [0.2, 0.25) is 0 Å². The molecule has 0 radical (unpaired) electrons. The molecule has 2 saturated carbocycles. The molecule has 12 heavy (non-hydrogen) atoms. The Kier molecular flexibility index (Phi) is 1.92. The maximum atomic E-state index is 5.50. The summed E-state index contributed by atoms with van der Waals surface area (Å²) in [5.41, 5.74) is 7.88. The largest absolute Gasteiger partial charge is 0.369 e. The van der Waals surface area contributed by atoms with Crippen LogP contribution in [0.4, 0.5) is 0 Å². The molecule has 2 fully saturated rings. The molecule has 0 amide bonds. The fourth-order valence-electron chi connectivity index (χ4n) is 2.59. The molecular formula is C8H16N4.